The Morgan fingerprint density at radius 1 is 1.32 bits per heavy atom. The maximum atomic E-state index is 4.57. The van der Waals surface area contributed by atoms with Crippen molar-refractivity contribution in [1.29, 1.82) is 0 Å². The highest BCUT2D eigenvalue weighted by atomic mass is 15.1. The van der Waals surface area contributed by atoms with Gasteiger partial charge in [-0.3, -0.25) is 0 Å². The summed E-state index contributed by atoms with van der Waals surface area (Å²) < 4.78 is 0. The zero-order chi connectivity index (χ0) is 14.0. The predicted molar refractivity (Wildman–Crippen MR) is 81.6 cm³/mol. The summed E-state index contributed by atoms with van der Waals surface area (Å²) in [7, 11) is 2.20. The van der Waals surface area contributed by atoms with Gasteiger partial charge in [0.15, 0.2) is 0 Å². The number of aromatic nitrogens is 1. The van der Waals surface area contributed by atoms with Crippen LogP contribution in [0, 0.1) is 5.92 Å². The van der Waals surface area contributed by atoms with Gasteiger partial charge in [-0.25, -0.2) is 4.98 Å². The minimum atomic E-state index is 0.173. The van der Waals surface area contributed by atoms with Gasteiger partial charge < -0.3 is 10.2 Å². The highest BCUT2D eigenvalue weighted by Gasteiger charge is 2.24. The number of pyridine rings is 1. The monoisotopic (exact) mass is 261 g/mol. The molecule has 1 fully saturated rings. The Kier molecular flexibility index (Phi) is 4.14. The fraction of sp³-hybridized carbons (Fsp3) is 0.688. The van der Waals surface area contributed by atoms with Crippen molar-refractivity contribution in [2.24, 2.45) is 5.92 Å². The lowest BCUT2D eigenvalue weighted by Gasteiger charge is -2.35. The van der Waals surface area contributed by atoms with Gasteiger partial charge in [0.1, 0.15) is 5.82 Å². The molecule has 2 heterocycles. The number of likely N-dealkylation sites (tertiary alicyclic amines) is 1. The maximum Gasteiger partial charge on any atom is 0.126 e. The van der Waals surface area contributed by atoms with Crippen molar-refractivity contribution in [1.82, 2.24) is 9.88 Å². The van der Waals surface area contributed by atoms with E-state index >= 15 is 0 Å². The third kappa shape index (κ3) is 3.69. The van der Waals surface area contributed by atoms with Crippen molar-refractivity contribution < 1.29 is 0 Å². The lowest BCUT2D eigenvalue weighted by Crippen LogP contribution is -2.43. The molecule has 0 aliphatic carbocycles. The van der Waals surface area contributed by atoms with E-state index in [1.165, 1.54) is 18.5 Å². The lowest BCUT2D eigenvalue weighted by atomic mass is 9.88. The Bertz CT molecular complexity index is 405. The SMILES string of the molecule is CC1CN(C)CCC1Nc1ccc(C(C)(C)C)cn1. The van der Waals surface area contributed by atoms with E-state index in [1.54, 1.807) is 0 Å². The van der Waals surface area contributed by atoms with E-state index in [9.17, 15) is 0 Å². The molecule has 3 heteroatoms. The number of rotatable bonds is 2. The van der Waals surface area contributed by atoms with E-state index < -0.39 is 0 Å². The van der Waals surface area contributed by atoms with Gasteiger partial charge in [0, 0.05) is 18.8 Å². The minimum absolute atomic E-state index is 0.173. The molecule has 0 amide bonds. The molecule has 1 aromatic heterocycles. The van der Waals surface area contributed by atoms with E-state index in [0.717, 1.165) is 12.4 Å². The average molecular weight is 261 g/mol. The third-order valence-electron chi connectivity index (χ3n) is 4.07. The van der Waals surface area contributed by atoms with Gasteiger partial charge in [-0.15, -0.1) is 0 Å². The highest BCUT2D eigenvalue weighted by molar-refractivity contribution is 5.38. The maximum absolute atomic E-state index is 4.57. The highest BCUT2D eigenvalue weighted by Crippen LogP contribution is 2.23. The first-order valence-corrected chi connectivity index (χ1v) is 7.28. The summed E-state index contributed by atoms with van der Waals surface area (Å²) in [6.07, 6.45) is 3.20. The molecule has 1 aliphatic rings. The van der Waals surface area contributed by atoms with Crippen LogP contribution in [0.1, 0.15) is 39.7 Å². The summed E-state index contributed by atoms with van der Waals surface area (Å²) in [6, 6.07) is 4.85. The molecule has 1 saturated heterocycles. The van der Waals surface area contributed by atoms with Crippen LogP contribution in [-0.4, -0.2) is 36.1 Å². The van der Waals surface area contributed by atoms with Crippen LogP contribution in [0.25, 0.3) is 0 Å². The van der Waals surface area contributed by atoms with Gasteiger partial charge in [0.25, 0.3) is 0 Å². The standard InChI is InChI=1S/C16H27N3/c1-12-11-19(5)9-8-14(12)18-15-7-6-13(10-17-15)16(2,3)4/h6-7,10,12,14H,8-9,11H2,1-5H3,(H,17,18). The molecule has 0 bridgehead atoms. The average Bonchev–Trinajstić information content (AvgIpc) is 2.32. The first-order valence-electron chi connectivity index (χ1n) is 7.28. The Morgan fingerprint density at radius 3 is 2.58 bits per heavy atom. The van der Waals surface area contributed by atoms with Crippen LogP contribution in [-0.2, 0) is 5.41 Å². The molecular weight excluding hydrogens is 234 g/mol. The Morgan fingerprint density at radius 2 is 2.05 bits per heavy atom. The van der Waals surface area contributed by atoms with E-state index in [1.807, 2.05) is 6.20 Å². The van der Waals surface area contributed by atoms with Gasteiger partial charge in [0.05, 0.1) is 0 Å². The Labute approximate surface area is 117 Å². The number of piperidine rings is 1. The summed E-state index contributed by atoms with van der Waals surface area (Å²) in [5.41, 5.74) is 1.46. The molecule has 19 heavy (non-hydrogen) atoms. The molecule has 0 spiro atoms. The smallest absolute Gasteiger partial charge is 0.126 e. The summed E-state index contributed by atoms with van der Waals surface area (Å²) in [5, 5.41) is 3.59. The Hall–Kier alpha value is -1.09. The largest absolute Gasteiger partial charge is 0.367 e. The van der Waals surface area contributed by atoms with E-state index in [-0.39, 0.29) is 5.41 Å². The van der Waals surface area contributed by atoms with E-state index in [2.05, 4.69) is 62.1 Å². The minimum Gasteiger partial charge on any atom is -0.367 e. The van der Waals surface area contributed by atoms with Gasteiger partial charge in [-0.1, -0.05) is 33.8 Å². The van der Waals surface area contributed by atoms with Crippen LogP contribution >= 0.6 is 0 Å². The van der Waals surface area contributed by atoms with Crippen molar-refractivity contribution in [3.8, 4) is 0 Å². The molecule has 0 radical (unpaired) electrons. The second kappa shape index (κ2) is 5.49. The van der Waals surface area contributed by atoms with E-state index in [0.29, 0.717) is 12.0 Å². The molecule has 2 unspecified atom stereocenters. The molecule has 2 atom stereocenters. The van der Waals surface area contributed by atoms with Crippen LogP contribution in [0.2, 0.25) is 0 Å². The van der Waals surface area contributed by atoms with Crippen molar-refractivity contribution >= 4 is 5.82 Å². The first kappa shape index (κ1) is 14.3. The molecule has 1 aliphatic heterocycles. The topological polar surface area (TPSA) is 28.2 Å². The third-order valence-corrected chi connectivity index (χ3v) is 4.07. The quantitative estimate of drug-likeness (QED) is 0.886. The number of anilines is 1. The van der Waals surface area contributed by atoms with Crippen molar-refractivity contribution in [2.45, 2.75) is 45.6 Å². The first-order chi connectivity index (χ1) is 8.86. The molecule has 0 saturated carbocycles. The molecular formula is C16H27N3. The van der Waals surface area contributed by atoms with Gasteiger partial charge >= 0.3 is 0 Å². The van der Waals surface area contributed by atoms with Gasteiger partial charge in [-0.2, -0.15) is 0 Å². The number of hydrogen-bond acceptors (Lipinski definition) is 3. The summed E-state index contributed by atoms with van der Waals surface area (Å²) >= 11 is 0. The molecule has 2 rings (SSSR count). The van der Waals surface area contributed by atoms with Crippen molar-refractivity contribution in [3.63, 3.8) is 0 Å². The normalized spacial score (nSPS) is 25.3. The number of nitrogens with one attached hydrogen (secondary N) is 1. The van der Waals surface area contributed by atoms with Crippen LogP contribution in [0.5, 0.6) is 0 Å². The number of hydrogen-bond donors (Lipinski definition) is 1. The van der Waals surface area contributed by atoms with Gasteiger partial charge in [-0.05, 0) is 43.0 Å². The zero-order valence-corrected chi connectivity index (χ0v) is 12.9. The molecule has 0 aromatic carbocycles. The van der Waals surface area contributed by atoms with Gasteiger partial charge in [0.2, 0.25) is 0 Å². The molecule has 1 aromatic rings. The fourth-order valence-corrected chi connectivity index (χ4v) is 2.68. The molecule has 1 N–H and O–H groups in total. The van der Waals surface area contributed by atoms with Crippen molar-refractivity contribution in [3.05, 3.63) is 23.9 Å². The second-order valence-electron chi connectivity index (χ2n) is 6.96. The molecule has 106 valence electrons. The zero-order valence-electron chi connectivity index (χ0n) is 12.9. The lowest BCUT2D eigenvalue weighted by molar-refractivity contribution is 0.206. The number of nitrogens with zero attached hydrogens (tertiary/aromatic N) is 2. The van der Waals surface area contributed by atoms with Crippen LogP contribution < -0.4 is 5.32 Å². The van der Waals surface area contributed by atoms with Crippen LogP contribution in [0.3, 0.4) is 0 Å². The summed E-state index contributed by atoms with van der Waals surface area (Å²) in [6.45, 7) is 11.3. The fourth-order valence-electron chi connectivity index (χ4n) is 2.68. The van der Waals surface area contributed by atoms with Crippen LogP contribution in [0.4, 0.5) is 5.82 Å². The molecule has 3 nitrogen and oxygen atoms in total. The van der Waals surface area contributed by atoms with Crippen LogP contribution in [0.15, 0.2) is 18.3 Å². The Balaban J connectivity index is 2.00. The summed E-state index contributed by atoms with van der Waals surface area (Å²) in [5.74, 6) is 1.68. The predicted octanol–water partition coefficient (Wildman–Crippen LogP) is 3.13. The van der Waals surface area contributed by atoms with Crippen molar-refractivity contribution in [2.75, 3.05) is 25.5 Å². The second-order valence-corrected chi connectivity index (χ2v) is 6.96. The van der Waals surface area contributed by atoms with E-state index in [4.69, 9.17) is 0 Å². The summed E-state index contributed by atoms with van der Waals surface area (Å²) in [4.78, 5) is 6.97.